The minimum absolute atomic E-state index is 0.0498. The van der Waals surface area contributed by atoms with Crippen LogP contribution in [0.3, 0.4) is 0 Å². The number of carbonyl (C=O) groups is 1. The van der Waals surface area contributed by atoms with Crippen LogP contribution in [0.25, 0.3) is 0 Å². The molecular formula is C10H13ClN2O4S. The summed E-state index contributed by atoms with van der Waals surface area (Å²) in [4.78, 5) is 15.0. The average Bonchev–Trinajstić information content (AvgIpc) is 2.26. The minimum atomic E-state index is -3.87. The lowest BCUT2D eigenvalue weighted by Gasteiger charge is -2.22. The zero-order valence-electron chi connectivity index (χ0n) is 10.1. The van der Waals surface area contributed by atoms with E-state index in [2.05, 4.69) is 14.4 Å². The predicted octanol–water partition coefficient (Wildman–Crippen LogP) is 0.965. The van der Waals surface area contributed by atoms with Crippen LogP contribution < -0.4 is 4.72 Å². The quantitative estimate of drug-likeness (QED) is 0.660. The number of hydrogen-bond donors (Lipinski definition) is 1. The van der Waals surface area contributed by atoms with Gasteiger partial charge in [-0.05, 0) is 26.0 Å². The normalized spacial score (nSPS) is 12.2. The second kappa shape index (κ2) is 5.21. The first-order valence-electron chi connectivity index (χ1n) is 4.93. The maximum absolute atomic E-state index is 12.0. The first-order valence-corrected chi connectivity index (χ1v) is 6.79. The number of methoxy groups -OCH3 is 1. The number of pyridine rings is 1. The second-order valence-corrected chi connectivity index (χ2v) is 6.11. The van der Waals surface area contributed by atoms with E-state index in [9.17, 15) is 13.2 Å². The van der Waals surface area contributed by atoms with Crippen molar-refractivity contribution in [2.24, 2.45) is 0 Å². The van der Waals surface area contributed by atoms with Gasteiger partial charge in [0, 0.05) is 6.20 Å². The molecule has 0 aromatic carbocycles. The van der Waals surface area contributed by atoms with Crippen molar-refractivity contribution in [3.63, 3.8) is 0 Å². The highest BCUT2D eigenvalue weighted by Gasteiger charge is 2.34. The summed E-state index contributed by atoms with van der Waals surface area (Å²) in [6.07, 6.45) is 1.27. The summed E-state index contributed by atoms with van der Waals surface area (Å²) in [6.45, 7) is 2.80. The number of nitrogens with one attached hydrogen (secondary N) is 1. The maximum Gasteiger partial charge on any atom is 0.326 e. The number of hydrogen-bond acceptors (Lipinski definition) is 5. The maximum atomic E-state index is 12.0. The molecule has 18 heavy (non-hydrogen) atoms. The summed E-state index contributed by atoms with van der Waals surface area (Å²) in [7, 11) is -2.69. The van der Waals surface area contributed by atoms with E-state index < -0.39 is 21.5 Å². The lowest BCUT2D eigenvalue weighted by molar-refractivity contribution is -0.146. The highest BCUT2D eigenvalue weighted by atomic mass is 35.5. The van der Waals surface area contributed by atoms with Gasteiger partial charge >= 0.3 is 5.97 Å². The predicted molar refractivity (Wildman–Crippen MR) is 65.7 cm³/mol. The van der Waals surface area contributed by atoms with E-state index in [0.29, 0.717) is 0 Å². The minimum Gasteiger partial charge on any atom is -0.468 e. The van der Waals surface area contributed by atoms with E-state index in [1.807, 2.05) is 0 Å². The molecule has 0 atom stereocenters. The molecule has 0 unspecified atom stereocenters. The van der Waals surface area contributed by atoms with Crippen molar-refractivity contribution in [3.05, 3.63) is 23.5 Å². The summed E-state index contributed by atoms with van der Waals surface area (Å²) < 4.78 is 30.8. The van der Waals surface area contributed by atoms with Gasteiger partial charge in [0.05, 0.1) is 12.0 Å². The van der Waals surface area contributed by atoms with Gasteiger partial charge in [-0.2, -0.15) is 4.72 Å². The largest absolute Gasteiger partial charge is 0.468 e. The van der Waals surface area contributed by atoms with Gasteiger partial charge in [-0.1, -0.05) is 11.6 Å². The molecule has 0 saturated carbocycles. The number of sulfonamides is 1. The lowest BCUT2D eigenvalue weighted by Crippen LogP contribution is -2.50. The van der Waals surface area contributed by atoms with Gasteiger partial charge in [-0.15, -0.1) is 0 Å². The Morgan fingerprint density at radius 3 is 2.61 bits per heavy atom. The molecule has 0 radical (unpaired) electrons. The Balaban J connectivity index is 3.06. The van der Waals surface area contributed by atoms with Gasteiger partial charge in [-0.25, -0.2) is 13.4 Å². The summed E-state index contributed by atoms with van der Waals surface area (Å²) in [5, 5.41) is 0.0498. The number of carbonyl (C=O) groups excluding carboxylic acids is 1. The molecule has 0 aliphatic rings. The highest BCUT2D eigenvalue weighted by molar-refractivity contribution is 7.89. The molecule has 0 spiro atoms. The molecule has 0 bridgehead atoms. The number of rotatable bonds is 4. The van der Waals surface area contributed by atoms with Crippen molar-refractivity contribution >= 4 is 27.6 Å². The molecular weight excluding hydrogens is 280 g/mol. The van der Waals surface area contributed by atoms with Crippen molar-refractivity contribution in [3.8, 4) is 0 Å². The highest BCUT2D eigenvalue weighted by Crippen LogP contribution is 2.16. The fourth-order valence-electron chi connectivity index (χ4n) is 1.24. The molecule has 1 aromatic heterocycles. The van der Waals surface area contributed by atoms with Gasteiger partial charge in [-0.3, -0.25) is 4.79 Å². The Morgan fingerprint density at radius 2 is 2.11 bits per heavy atom. The molecule has 1 aromatic rings. The monoisotopic (exact) mass is 292 g/mol. The second-order valence-electron chi connectivity index (χ2n) is 4.04. The van der Waals surface area contributed by atoms with Crippen LogP contribution in [0.15, 0.2) is 23.2 Å². The Hall–Kier alpha value is -1.18. The van der Waals surface area contributed by atoms with Crippen LogP contribution in [-0.2, 0) is 19.6 Å². The molecule has 1 rings (SSSR count). The standard InChI is InChI=1S/C10H13ClN2O4S/c1-10(2,9(14)17-3)13-18(15,16)7-4-5-12-8(11)6-7/h4-6,13H,1-3H3. The van der Waals surface area contributed by atoms with Gasteiger partial charge < -0.3 is 4.74 Å². The molecule has 8 heteroatoms. The van der Waals surface area contributed by atoms with Crippen LogP contribution in [0.2, 0.25) is 5.15 Å². The number of ether oxygens (including phenoxy) is 1. The van der Waals surface area contributed by atoms with Gasteiger partial charge in [0.2, 0.25) is 10.0 Å². The Labute approximate surface area is 110 Å². The van der Waals surface area contributed by atoms with Crippen molar-refractivity contribution in [1.29, 1.82) is 0 Å². The summed E-state index contributed by atoms with van der Waals surface area (Å²) in [5.74, 6) is -0.689. The van der Waals surface area contributed by atoms with Crippen LogP contribution in [0.1, 0.15) is 13.8 Å². The molecule has 0 aliphatic carbocycles. The average molecular weight is 293 g/mol. The fraction of sp³-hybridized carbons (Fsp3) is 0.400. The molecule has 0 saturated heterocycles. The number of aromatic nitrogens is 1. The number of halogens is 1. The first kappa shape index (κ1) is 14.9. The van der Waals surface area contributed by atoms with Crippen molar-refractivity contribution in [2.45, 2.75) is 24.3 Å². The molecule has 0 fully saturated rings. The third-order valence-electron chi connectivity index (χ3n) is 2.09. The number of nitrogens with zero attached hydrogens (tertiary/aromatic N) is 1. The molecule has 100 valence electrons. The lowest BCUT2D eigenvalue weighted by atomic mass is 10.1. The van der Waals surface area contributed by atoms with Crippen molar-refractivity contribution in [2.75, 3.05) is 7.11 Å². The van der Waals surface area contributed by atoms with Crippen LogP contribution in [0.5, 0.6) is 0 Å². The van der Waals surface area contributed by atoms with Gasteiger partial charge in [0.15, 0.2) is 0 Å². The van der Waals surface area contributed by atoms with E-state index in [-0.39, 0.29) is 10.0 Å². The van der Waals surface area contributed by atoms with E-state index in [0.717, 1.165) is 0 Å². The fourth-order valence-corrected chi connectivity index (χ4v) is 2.86. The molecule has 0 aliphatic heterocycles. The van der Waals surface area contributed by atoms with Crippen LogP contribution in [0, 0.1) is 0 Å². The van der Waals surface area contributed by atoms with Gasteiger partial charge in [0.1, 0.15) is 10.7 Å². The molecule has 1 N–H and O–H groups in total. The molecule has 6 nitrogen and oxygen atoms in total. The number of esters is 1. The van der Waals surface area contributed by atoms with E-state index in [1.165, 1.54) is 39.3 Å². The van der Waals surface area contributed by atoms with E-state index in [4.69, 9.17) is 11.6 Å². The topological polar surface area (TPSA) is 85.4 Å². The summed E-state index contributed by atoms with van der Waals surface area (Å²) in [6, 6.07) is 2.47. The van der Waals surface area contributed by atoms with Crippen molar-refractivity contribution < 1.29 is 17.9 Å². The Bertz CT molecular complexity index is 557. The zero-order chi connectivity index (χ0) is 14.0. The first-order chi connectivity index (χ1) is 8.19. The van der Waals surface area contributed by atoms with Crippen molar-refractivity contribution in [1.82, 2.24) is 9.71 Å². The summed E-state index contributed by atoms with van der Waals surface area (Å²) in [5.41, 5.74) is -1.37. The smallest absolute Gasteiger partial charge is 0.326 e. The van der Waals surface area contributed by atoms with E-state index in [1.54, 1.807) is 0 Å². The Morgan fingerprint density at radius 1 is 1.50 bits per heavy atom. The van der Waals surface area contributed by atoms with Crippen LogP contribution in [0.4, 0.5) is 0 Å². The molecule has 1 heterocycles. The third kappa shape index (κ3) is 3.41. The van der Waals surface area contributed by atoms with Crippen LogP contribution >= 0.6 is 11.6 Å². The Kier molecular flexibility index (Phi) is 4.31. The third-order valence-corrected chi connectivity index (χ3v) is 3.95. The van der Waals surface area contributed by atoms with Gasteiger partial charge in [0.25, 0.3) is 0 Å². The van der Waals surface area contributed by atoms with E-state index >= 15 is 0 Å². The van der Waals surface area contributed by atoms with Crippen LogP contribution in [-0.4, -0.2) is 32.0 Å². The SMILES string of the molecule is COC(=O)C(C)(C)NS(=O)(=O)c1ccnc(Cl)c1. The molecule has 0 amide bonds. The summed E-state index contributed by atoms with van der Waals surface area (Å²) >= 11 is 5.62. The zero-order valence-corrected chi connectivity index (χ0v) is 11.7.